The van der Waals surface area contributed by atoms with Crippen LogP contribution in [-0.2, 0) is 26.3 Å². The standard InChI is InChI=1S/C18H26O6S.Na/c19-17(25(21,22)23)12-16(11-14-7-3-1-4-8-14)18(20)24-13-15-9-5-2-6-10-15;/h2,5-6,9-10,14,16-17,19H,1,3-4,7-8,11-13H2,(H,21,22,23);/q;+1/p-1/t16?,17-;/m0./s1. The molecular weight excluding hydrogens is 367 g/mol. The first-order chi connectivity index (χ1) is 11.9. The first-order valence-electron chi connectivity index (χ1n) is 8.69. The summed E-state index contributed by atoms with van der Waals surface area (Å²) in [5.41, 5.74) is -1.25. The summed E-state index contributed by atoms with van der Waals surface area (Å²) in [6, 6.07) is 9.15. The third-order valence-electron chi connectivity index (χ3n) is 4.72. The Morgan fingerprint density at radius 1 is 1.19 bits per heavy atom. The molecule has 8 heteroatoms. The molecule has 0 heterocycles. The normalized spacial score (nSPS) is 17.8. The van der Waals surface area contributed by atoms with Gasteiger partial charge in [0.15, 0.2) is 0 Å². The summed E-state index contributed by atoms with van der Waals surface area (Å²) in [6.45, 7) is 0.0844. The molecule has 2 rings (SSSR count). The minimum absolute atomic E-state index is 0. The summed E-state index contributed by atoms with van der Waals surface area (Å²) >= 11 is 0. The second-order valence-corrected chi connectivity index (χ2v) is 8.24. The molecule has 1 saturated carbocycles. The van der Waals surface area contributed by atoms with Crippen molar-refractivity contribution < 1.29 is 57.2 Å². The van der Waals surface area contributed by atoms with E-state index in [4.69, 9.17) is 4.74 Å². The fourth-order valence-electron chi connectivity index (χ4n) is 3.32. The van der Waals surface area contributed by atoms with Crippen molar-refractivity contribution in [1.29, 1.82) is 0 Å². The van der Waals surface area contributed by atoms with Crippen LogP contribution in [-0.4, -0.2) is 29.5 Å². The van der Waals surface area contributed by atoms with Crippen molar-refractivity contribution in [3.05, 3.63) is 35.9 Å². The van der Waals surface area contributed by atoms with Gasteiger partial charge in [-0.05, 0) is 24.3 Å². The monoisotopic (exact) mass is 392 g/mol. The minimum atomic E-state index is -4.84. The molecule has 1 unspecified atom stereocenters. The van der Waals surface area contributed by atoms with Gasteiger partial charge in [0.1, 0.15) is 22.2 Å². The number of carbonyl (C=O) groups is 1. The van der Waals surface area contributed by atoms with Crippen molar-refractivity contribution >= 4 is 16.1 Å². The summed E-state index contributed by atoms with van der Waals surface area (Å²) in [4.78, 5) is 12.4. The molecule has 0 amide bonds. The Morgan fingerprint density at radius 2 is 1.81 bits per heavy atom. The Balaban J connectivity index is 0.00000338. The number of hydrogen-bond donors (Lipinski definition) is 1. The van der Waals surface area contributed by atoms with Gasteiger partial charge >= 0.3 is 35.5 Å². The van der Waals surface area contributed by atoms with E-state index in [1.165, 1.54) is 0 Å². The average Bonchev–Trinajstić information content (AvgIpc) is 2.60. The van der Waals surface area contributed by atoms with Crippen molar-refractivity contribution in [1.82, 2.24) is 0 Å². The molecule has 6 nitrogen and oxygen atoms in total. The molecule has 0 radical (unpaired) electrons. The van der Waals surface area contributed by atoms with Crippen LogP contribution in [0.3, 0.4) is 0 Å². The number of aliphatic hydroxyl groups excluding tert-OH is 1. The Bertz CT molecular complexity index is 643. The van der Waals surface area contributed by atoms with Gasteiger partial charge in [0.25, 0.3) is 0 Å². The predicted octanol–water partition coefficient (Wildman–Crippen LogP) is -0.426. The zero-order valence-electron chi connectivity index (χ0n) is 15.2. The van der Waals surface area contributed by atoms with Crippen molar-refractivity contribution in [3.8, 4) is 0 Å². The van der Waals surface area contributed by atoms with E-state index in [1.54, 1.807) is 0 Å². The Hall–Kier alpha value is -0.440. The smallest absolute Gasteiger partial charge is 0.746 e. The molecule has 0 saturated heterocycles. The van der Waals surface area contributed by atoms with Crippen molar-refractivity contribution in [2.24, 2.45) is 11.8 Å². The van der Waals surface area contributed by atoms with Crippen molar-refractivity contribution in [3.63, 3.8) is 0 Å². The van der Waals surface area contributed by atoms with Crippen LogP contribution in [0.25, 0.3) is 0 Å². The Labute approximate surface area is 177 Å². The van der Waals surface area contributed by atoms with E-state index in [0.29, 0.717) is 12.3 Å². The summed E-state index contributed by atoms with van der Waals surface area (Å²) in [5.74, 6) is -1.05. The molecule has 1 aliphatic rings. The molecule has 1 aliphatic carbocycles. The minimum Gasteiger partial charge on any atom is -0.746 e. The summed E-state index contributed by atoms with van der Waals surface area (Å²) in [7, 11) is -4.84. The van der Waals surface area contributed by atoms with Gasteiger partial charge in [-0.2, -0.15) is 0 Å². The molecule has 0 aromatic heterocycles. The topological polar surface area (TPSA) is 104 Å². The van der Waals surface area contributed by atoms with Crippen LogP contribution < -0.4 is 29.6 Å². The van der Waals surface area contributed by atoms with Gasteiger partial charge in [0.05, 0.1) is 5.92 Å². The average molecular weight is 392 g/mol. The maximum Gasteiger partial charge on any atom is 1.00 e. The number of benzene rings is 1. The summed E-state index contributed by atoms with van der Waals surface area (Å²) in [6.07, 6.45) is 5.32. The fraction of sp³-hybridized carbons (Fsp3) is 0.611. The van der Waals surface area contributed by atoms with Gasteiger partial charge in [-0.1, -0.05) is 62.4 Å². The van der Waals surface area contributed by atoms with E-state index in [-0.39, 0.29) is 36.2 Å². The molecule has 140 valence electrons. The number of carbonyl (C=O) groups excluding carboxylic acids is 1. The molecule has 1 fully saturated rings. The fourth-order valence-corrected chi connectivity index (χ4v) is 3.79. The summed E-state index contributed by atoms with van der Waals surface area (Å²) < 4.78 is 38.3. The largest absolute Gasteiger partial charge is 1.00 e. The van der Waals surface area contributed by atoms with Gasteiger partial charge in [-0.25, -0.2) is 8.42 Å². The van der Waals surface area contributed by atoms with E-state index in [2.05, 4.69) is 0 Å². The van der Waals surface area contributed by atoms with Crippen LogP contribution >= 0.6 is 0 Å². The van der Waals surface area contributed by atoms with Crippen LogP contribution in [0, 0.1) is 11.8 Å². The third kappa shape index (κ3) is 8.06. The van der Waals surface area contributed by atoms with E-state index in [1.807, 2.05) is 30.3 Å². The number of rotatable bonds is 8. The molecule has 1 aromatic carbocycles. The maximum atomic E-state index is 12.4. The van der Waals surface area contributed by atoms with E-state index < -0.39 is 33.9 Å². The Morgan fingerprint density at radius 3 is 2.38 bits per heavy atom. The van der Waals surface area contributed by atoms with Gasteiger partial charge in [-0.3, -0.25) is 4.79 Å². The zero-order valence-corrected chi connectivity index (χ0v) is 18.0. The van der Waals surface area contributed by atoms with Gasteiger partial charge in [0, 0.05) is 0 Å². The van der Waals surface area contributed by atoms with Crippen LogP contribution in [0.1, 0.15) is 50.5 Å². The molecule has 2 atom stereocenters. The number of hydrogen-bond acceptors (Lipinski definition) is 6. The Kier molecular flexibility index (Phi) is 10.4. The number of esters is 1. The molecule has 0 spiro atoms. The van der Waals surface area contributed by atoms with Crippen LogP contribution in [0.5, 0.6) is 0 Å². The SMILES string of the molecule is O=C(OCc1ccccc1)C(CC1CCCCC1)C[C@@H](O)S(=O)(=O)[O-].[Na+]. The van der Waals surface area contributed by atoms with Crippen LogP contribution in [0.2, 0.25) is 0 Å². The zero-order chi connectivity index (χ0) is 18.3. The molecule has 26 heavy (non-hydrogen) atoms. The molecule has 1 N–H and O–H groups in total. The van der Waals surface area contributed by atoms with Crippen molar-refractivity contribution in [2.45, 2.75) is 57.0 Å². The molecule has 0 aliphatic heterocycles. The second kappa shape index (κ2) is 11.4. The first kappa shape index (κ1) is 23.6. The summed E-state index contributed by atoms with van der Waals surface area (Å²) in [5, 5.41) is 9.61. The van der Waals surface area contributed by atoms with Crippen molar-refractivity contribution in [2.75, 3.05) is 0 Å². The third-order valence-corrected chi connectivity index (χ3v) is 5.58. The molecular formula is C18H25NaO6S. The number of aliphatic hydroxyl groups is 1. The van der Waals surface area contributed by atoms with Crippen LogP contribution in [0.15, 0.2) is 30.3 Å². The van der Waals surface area contributed by atoms with Crippen LogP contribution in [0.4, 0.5) is 0 Å². The molecule has 1 aromatic rings. The second-order valence-electron chi connectivity index (χ2n) is 6.71. The van der Waals surface area contributed by atoms with E-state index in [0.717, 1.165) is 37.7 Å². The van der Waals surface area contributed by atoms with Gasteiger partial charge in [-0.15, -0.1) is 0 Å². The maximum absolute atomic E-state index is 12.4. The number of ether oxygens (including phenoxy) is 1. The molecule has 0 bridgehead atoms. The van der Waals surface area contributed by atoms with Gasteiger partial charge in [0.2, 0.25) is 0 Å². The first-order valence-corrected chi connectivity index (χ1v) is 10.2. The van der Waals surface area contributed by atoms with E-state index in [9.17, 15) is 22.9 Å². The predicted molar refractivity (Wildman–Crippen MR) is 91.2 cm³/mol. The quantitative estimate of drug-likeness (QED) is 0.366. The van der Waals surface area contributed by atoms with Gasteiger partial charge < -0.3 is 14.4 Å². The van der Waals surface area contributed by atoms with E-state index >= 15 is 0 Å².